The highest BCUT2D eigenvalue weighted by Gasteiger charge is 2.30. The van der Waals surface area contributed by atoms with Crippen LogP contribution in [0.2, 0.25) is 5.02 Å². The Kier molecular flexibility index (Phi) is 9.80. The maximum absolute atomic E-state index is 13.5. The van der Waals surface area contributed by atoms with Crippen molar-refractivity contribution < 1.29 is 27.5 Å². The Balaban J connectivity index is 1.25. The lowest BCUT2D eigenvalue weighted by Gasteiger charge is -2.31. The number of hydrogen-bond acceptors (Lipinski definition) is 6. The lowest BCUT2D eigenvalue weighted by Crippen LogP contribution is -2.44. The fraction of sp³-hybridized carbons (Fsp3) is 0.333. The van der Waals surface area contributed by atoms with Gasteiger partial charge in [-0.25, -0.2) is 17.9 Å². The van der Waals surface area contributed by atoms with Crippen LogP contribution >= 0.6 is 11.6 Å². The Hall–Kier alpha value is -4.02. The Morgan fingerprint density at radius 1 is 1.00 bits per heavy atom. The molecule has 1 aliphatic rings. The molecule has 11 heteroatoms. The molecule has 1 fully saturated rings. The van der Waals surface area contributed by atoms with Gasteiger partial charge >= 0.3 is 6.09 Å². The molecular formula is C33H36ClN3O6S. The van der Waals surface area contributed by atoms with Crippen molar-refractivity contribution in [2.24, 2.45) is 5.92 Å². The van der Waals surface area contributed by atoms with E-state index in [4.69, 9.17) is 21.1 Å². The van der Waals surface area contributed by atoms with Crippen LogP contribution in [0.4, 0.5) is 4.79 Å². The highest BCUT2D eigenvalue weighted by Crippen LogP contribution is 2.28. The molecule has 0 spiro atoms. The SMILES string of the molecule is Cc1cccc(C)c1OCCn1c(C(=O)NS(=O)(=O)C[C@H]2CCCN(C(=O)OCc3ccccc3)C2)cc2c(Cl)cccc21. The molecule has 44 heavy (non-hydrogen) atoms. The van der Waals surface area contributed by atoms with Gasteiger partial charge in [0.05, 0.1) is 17.8 Å². The zero-order valence-electron chi connectivity index (χ0n) is 24.8. The van der Waals surface area contributed by atoms with Crippen molar-refractivity contribution in [2.45, 2.75) is 39.8 Å². The fourth-order valence-electron chi connectivity index (χ4n) is 5.67. The predicted octanol–water partition coefficient (Wildman–Crippen LogP) is 6.10. The normalized spacial score (nSPS) is 15.2. The van der Waals surface area contributed by atoms with E-state index < -0.39 is 22.0 Å². The summed E-state index contributed by atoms with van der Waals surface area (Å²) in [5.41, 5.74) is 3.73. The van der Waals surface area contributed by atoms with Gasteiger partial charge in [-0.3, -0.25) is 4.79 Å². The Morgan fingerprint density at radius 2 is 1.73 bits per heavy atom. The molecule has 232 valence electrons. The molecule has 2 heterocycles. The van der Waals surface area contributed by atoms with Crippen LogP contribution in [0.5, 0.6) is 5.75 Å². The smallest absolute Gasteiger partial charge is 0.410 e. The summed E-state index contributed by atoms with van der Waals surface area (Å²) < 4.78 is 41.9. The van der Waals surface area contributed by atoms with Crippen LogP contribution in [0.1, 0.15) is 40.0 Å². The van der Waals surface area contributed by atoms with Gasteiger partial charge in [-0.1, -0.05) is 66.2 Å². The number of carbonyl (C=O) groups is 2. The number of aromatic nitrogens is 1. The van der Waals surface area contributed by atoms with Crippen molar-refractivity contribution in [3.05, 3.63) is 100 Å². The topological polar surface area (TPSA) is 107 Å². The molecule has 0 saturated carbocycles. The van der Waals surface area contributed by atoms with E-state index in [0.29, 0.717) is 41.9 Å². The first kappa shape index (κ1) is 31.4. The van der Waals surface area contributed by atoms with Crippen LogP contribution in [0.3, 0.4) is 0 Å². The number of nitrogens with zero attached hydrogens (tertiary/aromatic N) is 2. The van der Waals surface area contributed by atoms with E-state index in [9.17, 15) is 18.0 Å². The molecule has 9 nitrogen and oxygen atoms in total. The second-order valence-electron chi connectivity index (χ2n) is 11.1. The molecule has 4 aromatic rings. The zero-order valence-corrected chi connectivity index (χ0v) is 26.4. The maximum atomic E-state index is 13.5. The van der Waals surface area contributed by atoms with Crippen LogP contribution in [0, 0.1) is 19.8 Å². The number of para-hydroxylation sites is 1. The Labute approximate surface area is 262 Å². The molecular weight excluding hydrogens is 602 g/mol. The third-order valence-electron chi connectivity index (χ3n) is 7.78. The quantitative estimate of drug-likeness (QED) is 0.225. The molecule has 1 aliphatic heterocycles. The van der Waals surface area contributed by atoms with Gasteiger partial charge in [0.25, 0.3) is 5.91 Å². The van der Waals surface area contributed by atoms with Gasteiger partial charge in [-0.2, -0.15) is 0 Å². The van der Waals surface area contributed by atoms with Crippen molar-refractivity contribution in [1.29, 1.82) is 0 Å². The van der Waals surface area contributed by atoms with Crippen molar-refractivity contribution in [2.75, 3.05) is 25.4 Å². The number of likely N-dealkylation sites (tertiary alicyclic amines) is 1. The molecule has 0 unspecified atom stereocenters. The third-order valence-corrected chi connectivity index (χ3v) is 9.52. The number of rotatable bonds is 10. The minimum atomic E-state index is -4.03. The maximum Gasteiger partial charge on any atom is 0.410 e. The molecule has 1 N–H and O–H groups in total. The van der Waals surface area contributed by atoms with Crippen molar-refractivity contribution in [1.82, 2.24) is 14.2 Å². The number of aryl methyl sites for hydroxylation is 2. The largest absolute Gasteiger partial charge is 0.491 e. The van der Waals surface area contributed by atoms with Crippen LogP contribution in [-0.2, 0) is 27.9 Å². The van der Waals surface area contributed by atoms with Crippen LogP contribution in [0.15, 0.2) is 72.8 Å². The molecule has 2 amide bonds. The minimum Gasteiger partial charge on any atom is -0.491 e. The monoisotopic (exact) mass is 637 g/mol. The molecule has 0 bridgehead atoms. The van der Waals surface area contributed by atoms with Gasteiger partial charge in [0.1, 0.15) is 24.7 Å². The Bertz CT molecular complexity index is 1740. The molecule has 1 atom stereocenters. The average Bonchev–Trinajstić information content (AvgIpc) is 3.37. The molecule has 0 radical (unpaired) electrons. The van der Waals surface area contributed by atoms with Gasteiger partial charge in [0.2, 0.25) is 10.0 Å². The number of carbonyl (C=O) groups excluding carboxylic acids is 2. The summed E-state index contributed by atoms with van der Waals surface area (Å²) >= 11 is 6.44. The number of benzene rings is 3. The first-order chi connectivity index (χ1) is 21.1. The van der Waals surface area contributed by atoms with E-state index in [1.54, 1.807) is 22.8 Å². The highest BCUT2D eigenvalue weighted by molar-refractivity contribution is 7.90. The van der Waals surface area contributed by atoms with Crippen LogP contribution < -0.4 is 9.46 Å². The van der Waals surface area contributed by atoms with Crippen molar-refractivity contribution in [3.63, 3.8) is 0 Å². The predicted molar refractivity (Wildman–Crippen MR) is 171 cm³/mol. The number of ether oxygens (including phenoxy) is 2. The summed E-state index contributed by atoms with van der Waals surface area (Å²) in [4.78, 5) is 27.7. The van der Waals surface area contributed by atoms with Crippen LogP contribution in [-0.4, -0.2) is 55.3 Å². The lowest BCUT2D eigenvalue weighted by atomic mass is 10.0. The summed E-state index contributed by atoms with van der Waals surface area (Å²) in [6, 6.07) is 22.2. The second-order valence-corrected chi connectivity index (χ2v) is 13.3. The number of sulfonamides is 1. The number of halogens is 1. The highest BCUT2D eigenvalue weighted by atomic mass is 35.5. The zero-order chi connectivity index (χ0) is 31.3. The van der Waals surface area contributed by atoms with Crippen LogP contribution in [0.25, 0.3) is 10.9 Å². The van der Waals surface area contributed by atoms with E-state index in [0.717, 1.165) is 22.4 Å². The fourth-order valence-corrected chi connectivity index (χ4v) is 7.25. The molecule has 5 rings (SSSR count). The number of nitrogens with one attached hydrogen (secondary N) is 1. The molecule has 1 saturated heterocycles. The summed E-state index contributed by atoms with van der Waals surface area (Å²) in [6.07, 6.45) is 0.773. The van der Waals surface area contributed by atoms with E-state index in [1.807, 2.05) is 68.4 Å². The van der Waals surface area contributed by atoms with Gasteiger partial charge < -0.3 is 18.9 Å². The summed E-state index contributed by atoms with van der Waals surface area (Å²) in [7, 11) is -4.03. The number of hydrogen-bond donors (Lipinski definition) is 1. The number of fused-ring (bicyclic) bond motifs is 1. The summed E-state index contributed by atoms with van der Waals surface area (Å²) in [5.74, 6) is -0.609. The number of piperidine rings is 1. The van der Waals surface area contributed by atoms with Gasteiger partial charge in [0, 0.05) is 23.5 Å². The van der Waals surface area contributed by atoms with E-state index in [2.05, 4.69) is 4.72 Å². The van der Waals surface area contributed by atoms with Gasteiger partial charge in [-0.15, -0.1) is 0 Å². The van der Waals surface area contributed by atoms with E-state index in [1.165, 1.54) is 4.90 Å². The van der Waals surface area contributed by atoms with Gasteiger partial charge in [0.15, 0.2) is 0 Å². The van der Waals surface area contributed by atoms with E-state index in [-0.39, 0.29) is 37.1 Å². The van der Waals surface area contributed by atoms with E-state index >= 15 is 0 Å². The van der Waals surface area contributed by atoms with Crippen molar-refractivity contribution in [3.8, 4) is 5.75 Å². The molecule has 1 aromatic heterocycles. The standard InChI is InChI=1S/C33H36ClN3O6S/c1-23-9-6-10-24(2)31(23)42-18-17-37-29-15-7-14-28(34)27(29)19-30(37)32(38)35-44(40,41)22-26-13-8-16-36(20-26)33(39)43-21-25-11-4-3-5-12-25/h3-7,9-12,14-15,19,26H,8,13,16-18,20-22H2,1-2H3,(H,35,38)/t26-/m0/s1. The number of amides is 2. The van der Waals surface area contributed by atoms with Crippen molar-refractivity contribution >= 4 is 44.5 Å². The minimum absolute atomic E-state index is 0.142. The Morgan fingerprint density at radius 3 is 2.48 bits per heavy atom. The first-order valence-corrected chi connectivity index (χ1v) is 16.6. The average molecular weight is 638 g/mol. The summed E-state index contributed by atoms with van der Waals surface area (Å²) in [5, 5.41) is 1.09. The second kappa shape index (κ2) is 13.7. The molecule has 0 aliphatic carbocycles. The lowest BCUT2D eigenvalue weighted by molar-refractivity contribution is 0.0811. The first-order valence-electron chi connectivity index (χ1n) is 14.6. The summed E-state index contributed by atoms with van der Waals surface area (Å²) in [6.45, 7) is 5.35. The molecule has 3 aromatic carbocycles. The third kappa shape index (κ3) is 7.54. The van der Waals surface area contributed by atoms with Gasteiger partial charge in [-0.05, 0) is 67.5 Å².